The quantitative estimate of drug-likeness (QED) is 0.460. The largest absolute Gasteiger partial charge is 0.759 e. The second kappa shape index (κ2) is 14.0. The fraction of sp³-hybridized carbons (Fsp3) is 1.00. The third kappa shape index (κ3) is 13.9. The molecule has 0 saturated carbocycles. The predicted octanol–water partition coefficient (Wildman–Crippen LogP) is 0.176. The SMILES string of the molecule is [Cl][Co][Cl].[S-]C1NCCCN1.[S-]C1NCCCN1. The van der Waals surface area contributed by atoms with E-state index in [2.05, 4.69) is 21.3 Å². The molecule has 4 nitrogen and oxygen atoms in total. The van der Waals surface area contributed by atoms with Crippen LogP contribution in [0, 0.1) is 0 Å². The summed E-state index contributed by atoms with van der Waals surface area (Å²) in [7, 11) is 9.47. The molecule has 2 rings (SSSR count). The van der Waals surface area contributed by atoms with Crippen LogP contribution in [-0.2, 0) is 38.2 Å². The van der Waals surface area contributed by atoms with E-state index in [0.717, 1.165) is 26.2 Å². The van der Waals surface area contributed by atoms with Crippen LogP contribution < -0.4 is 21.3 Å². The third-order valence-corrected chi connectivity index (χ3v) is 2.69. The Morgan fingerprint density at radius 1 is 0.765 bits per heavy atom. The van der Waals surface area contributed by atoms with Crippen molar-refractivity contribution in [2.45, 2.75) is 23.8 Å². The number of rotatable bonds is 0. The van der Waals surface area contributed by atoms with Gasteiger partial charge in [-0.15, -0.1) is 0 Å². The molecule has 0 aromatic rings. The minimum absolute atomic E-state index is 0.119. The molecule has 0 aromatic carbocycles. The van der Waals surface area contributed by atoms with E-state index >= 15 is 0 Å². The molecule has 0 aliphatic carbocycles. The Hall–Kier alpha value is 1.63. The van der Waals surface area contributed by atoms with Crippen molar-refractivity contribution in [3.8, 4) is 0 Å². The standard InChI is InChI=1S/2C4H10N2S.2ClH.Co/c2*7-4-5-2-1-3-6-4;;;/h2*4-7H,1-3H2;2*1H;/q;;;;+2/p-4. The monoisotopic (exact) mass is 363 g/mol. The molecule has 9 heteroatoms. The third-order valence-electron chi connectivity index (χ3n) is 2.03. The number of hydrogen-bond donors (Lipinski definition) is 4. The summed E-state index contributed by atoms with van der Waals surface area (Å²) >= 11 is 10.1. The first-order valence-corrected chi connectivity index (χ1v) is 9.10. The van der Waals surface area contributed by atoms with Gasteiger partial charge in [0.1, 0.15) is 0 Å². The van der Waals surface area contributed by atoms with Crippen LogP contribution in [0.5, 0.6) is 0 Å². The molecule has 2 saturated heterocycles. The van der Waals surface area contributed by atoms with Gasteiger partial charge in [0, 0.05) is 0 Å². The van der Waals surface area contributed by atoms with E-state index in [-0.39, 0.29) is 11.0 Å². The summed E-state index contributed by atoms with van der Waals surface area (Å²) in [6.07, 6.45) is 2.40. The van der Waals surface area contributed by atoms with Crippen molar-refractivity contribution in [3.63, 3.8) is 0 Å². The van der Waals surface area contributed by atoms with Crippen LogP contribution in [0.25, 0.3) is 0 Å². The first-order valence-electron chi connectivity index (χ1n) is 5.29. The predicted molar refractivity (Wildman–Crippen MR) is 75.3 cm³/mol. The van der Waals surface area contributed by atoms with Crippen molar-refractivity contribution in [1.29, 1.82) is 0 Å². The summed E-state index contributed by atoms with van der Waals surface area (Å²) in [5.41, 5.74) is 0.238. The number of nitrogens with one attached hydrogen (secondary N) is 4. The van der Waals surface area contributed by atoms with Gasteiger partial charge in [0.05, 0.1) is 0 Å². The van der Waals surface area contributed by atoms with Crippen LogP contribution in [-0.4, -0.2) is 37.2 Å². The van der Waals surface area contributed by atoms with Crippen LogP contribution >= 0.6 is 20.3 Å². The first-order chi connectivity index (χ1) is 8.20. The van der Waals surface area contributed by atoms with Crippen LogP contribution in [0.4, 0.5) is 0 Å². The second-order valence-electron chi connectivity index (χ2n) is 3.33. The molecule has 0 radical (unpaired) electrons. The molecule has 0 spiro atoms. The molecule has 0 atom stereocenters. The number of halogens is 2. The molecule has 2 aliphatic heterocycles. The molecule has 0 bridgehead atoms. The molecule has 2 aliphatic rings. The maximum absolute atomic E-state index is 4.87. The molecular weight excluding hydrogens is 346 g/mol. The van der Waals surface area contributed by atoms with E-state index in [9.17, 15) is 0 Å². The normalized spacial score (nSPS) is 22.1. The Morgan fingerprint density at radius 2 is 1.00 bits per heavy atom. The van der Waals surface area contributed by atoms with Gasteiger partial charge in [-0.3, -0.25) is 0 Å². The molecule has 0 aromatic heterocycles. The zero-order chi connectivity index (χ0) is 12.9. The Morgan fingerprint density at radius 3 is 1.12 bits per heavy atom. The minimum Gasteiger partial charge on any atom is -0.759 e. The van der Waals surface area contributed by atoms with Crippen molar-refractivity contribution < 1.29 is 12.9 Å². The average molecular weight is 364 g/mol. The maximum Gasteiger partial charge on any atom is -0.00417 e. The molecule has 0 unspecified atom stereocenters. The maximum atomic E-state index is 4.87. The molecule has 17 heavy (non-hydrogen) atoms. The van der Waals surface area contributed by atoms with Crippen LogP contribution in [0.15, 0.2) is 0 Å². The first kappa shape index (κ1) is 18.6. The Balaban J connectivity index is 0.000000247. The van der Waals surface area contributed by atoms with E-state index in [4.69, 9.17) is 45.6 Å². The molecular formula is C8H18Cl2CoN4S2-2. The summed E-state index contributed by atoms with van der Waals surface area (Å²) in [5.74, 6) is 0. The fourth-order valence-electron chi connectivity index (χ4n) is 1.25. The van der Waals surface area contributed by atoms with Crippen molar-refractivity contribution in [2.24, 2.45) is 0 Å². The van der Waals surface area contributed by atoms with E-state index in [1.165, 1.54) is 12.8 Å². The zero-order valence-corrected chi connectivity index (χ0v) is 13.5. The van der Waals surface area contributed by atoms with Crippen LogP contribution in [0.2, 0.25) is 0 Å². The van der Waals surface area contributed by atoms with Gasteiger partial charge in [-0.1, -0.05) is 11.0 Å². The molecule has 2 fully saturated rings. The van der Waals surface area contributed by atoms with Gasteiger partial charge in [-0.25, -0.2) is 0 Å². The van der Waals surface area contributed by atoms with Crippen molar-refractivity contribution in [2.75, 3.05) is 26.2 Å². The van der Waals surface area contributed by atoms with Crippen molar-refractivity contribution in [3.05, 3.63) is 0 Å². The van der Waals surface area contributed by atoms with Gasteiger partial charge in [-0.05, 0) is 39.0 Å². The molecule has 4 N–H and O–H groups in total. The topological polar surface area (TPSA) is 48.1 Å². The summed E-state index contributed by atoms with van der Waals surface area (Å²) in [6, 6.07) is 0. The van der Waals surface area contributed by atoms with Crippen LogP contribution in [0.1, 0.15) is 12.8 Å². The number of hydrogen-bond acceptors (Lipinski definition) is 6. The zero-order valence-electron chi connectivity index (χ0n) is 9.30. The summed E-state index contributed by atoms with van der Waals surface area (Å²) in [4.78, 5) is 0. The van der Waals surface area contributed by atoms with E-state index in [1.807, 2.05) is 0 Å². The Kier molecular flexibility index (Phi) is 15.4. The average Bonchev–Trinajstić information content (AvgIpc) is 2.33. The van der Waals surface area contributed by atoms with E-state index in [1.54, 1.807) is 0 Å². The summed E-state index contributed by atoms with van der Waals surface area (Å²) in [6.45, 7) is 4.28. The van der Waals surface area contributed by atoms with Crippen molar-refractivity contribution in [1.82, 2.24) is 21.3 Å². The molecule has 107 valence electrons. The van der Waals surface area contributed by atoms with Gasteiger partial charge < -0.3 is 46.5 Å². The molecule has 2 heterocycles. The van der Waals surface area contributed by atoms with Gasteiger partial charge in [0.15, 0.2) is 0 Å². The van der Waals surface area contributed by atoms with Gasteiger partial charge in [0.2, 0.25) is 0 Å². The van der Waals surface area contributed by atoms with Gasteiger partial charge >= 0.3 is 33.2 Å². The second-order valence-corrected chi connectivity index (χ2v) is 5.99. The Labute approximate surface area is 129 Å². The Bertz CT molecular complexity index is 144. The van der Waals surface area contributed by atoms with Gasteiger partial charge in [-0.2, -0.15) is 0 Å². The molecule has 0 amide bonds. The van der Waals surface area contributed by atoms with Gasteiger partial charge in [0.25, 0.3) is 0 Å². The van der Waals surface area contributed by atoms with E-state index < -0.39 is 0 Å². The summed E-state index contributed by atoms with van der Waals surface area (Å²) < 4.78 is 0. The smallest absolute Gasteiger partial charge is 0.00417 e. The van der Waals surface area contributed by atoms with Crippen LogP contribution in [0.3, 0.4) is 0 Å². The fourth-order valence-corrected chi connectivity index (χ4v) is 1.73. The van der Waals surface area contributed by atoms with Crippen molar-refractivity contribution >= 4 is 45.6 Å². The van der Waals surface area contributed by atoms with E-state index in [0.29, 0.717) is 12.9 Å². The summed E-state index contributed by atoms with van der Waals surface area (Å²) in [5, 5.41) is 12.3. The minimum atomic E-state index is 0.119.